The van der Waals surface area contributed by atoms with Gasteiger partial charge in [-0.3, -0.25) is 9.59 Å². The van der Waals surface area contributed by atoms with Crippen molar-refractivity contribution in [2.45, 2.75) is 38.8 Å². The van der Waals surface area contributed by atoms with E-state index in [1.807, 2.05) is 68.4 Å². The van der Waals surface area contributed by atoms with Crippen molar-refractivity contribution in [2.75, 3.05) is 6.54 Å². The van der Waals surface area contributed by atoms with Crippen LogP contribution in [0, 0.1) is 6.92 Å². The van der Waals surface area contributed by atoms with E-state index in [0.717, 1.165) is 22.4 Å². The zero-order valence-electron chi connectivity index (χ0n) is 16.1. The summed E-state index contributed by atoms with van der Waals surface area (Å²) < 4.78 is 0. The van der Waals surface area contributed by atoms with Gasteiger partial charge in [-0.1, -0.05) is 59.8 Å². The summed E-state index contributed by atoms with van der Waals surface area (Å²) in [5, 5.41) is 9.71. The van der Waals surface area contributed by atoms with Gasteiger partial charge in [0, 0.05) is 24.9 Å². The first-order valence-corrected chi connectivity index (χ1v) is 9.49. The molecule has 6 nitrogen and oxygen atoms in total. The number of nitrogens with one attached hydrogen (secondary N) is 2. The third-order valence-electron chi connectivity index (χ3n) is 4.68. The van der Waals surface area contributed by atoms with E-state index < -0.39 is 12.1 Å². The molecule has 2 N–H and O–H groups in total. The van der Waals surface area contributed by atoms with Crippen molar-refractivity contribution < 1.29 is 14.4 Å². The standard InChI is InChI=1S/C22H25N3O3/c1-3-23-21(26)19(13-16-10-5-4-6-11-16)24-22(27)20-14-18(25-28-20)17-12-8-7-9-15(17)2/h4-12,19-20H,3,13-14H2,1-2H3,(H,23,26)(H,24,27). The second kappa shape index (κ2) is 9.17. The van der Waals surface area contributed by atoms with E-state index in [0.29, 0.717) is 19.4 Å². The second-order valence-corrected chi connectivity index (χ2v) is 6.80. The maximum absolute atomic E-state index is 12.7. The van der Waals surface area contributed by atoms with Gasteiger partial charge in [-0.05, 0) is 25.0 Å². The Morgan fingerprint density at radius 3 is 2.57 bits per heavy atom. The van der Waals surface area contributed by atoms with Crippen LogP contribution in [0.5, 0.6) is 0 Å². The summed E-state index contributed by atoms with van der Waals surface area (Å²) in [6.45, 7) is 4.35. The molecule has 0 radical (unpaired) electrons. The Bertz CT molecular complexity index is 864. The lowest BCUT2D eigenvalue weighted by atomic mass is 9.99. The highest BCUT2D eigenvalue weighted by atomic mass is 16.6. The lowest BCUT2D eigenvalue weighted by Crippen LogP contribution is -2.50. The van der Waals surface area contributed by atoms with E-state index in [1.165, 1.54) is 0 Å². The topological polar surface area (TPSA) is 79.8 Å². The van der Waals surface area contributed by atoms with Crippen LogP contribution in [0.4, 0.5) is 0 Å². The summed E-state index contributed by atoms with van der Waals surface area (Å²) >= 11 is 0. The molecular formula is C22H25N3O3. The van der Waals surface area contributed by atoms with Crippen molar-refractivity contribution in [2.24, 2.45) is 5.16 Å². The number of aryl methyl sites for hydroxylation is 1. The number of hydrogen-bond donors (Lipinski definition) is 2. The Morgan fingerprint density at radius 2 is 1.86 bits per heavy atom. The lowest BCUT2D eigenvalue weighted by Gasteiger charge is -2.19. The van der Waals surface area contributed by atoms with Gasteiger partial charge in [0.15, 0.2) is 0 Å². The summed E-state index contributed by atoms with van der Waals surface area (Å²) in [5.74, 6) is -0.544. The van der Waals surface area contributed by atoms with Crippen LogP contribution < -0.4 is 10.6 Å². The lowest BCUT2D eigenvalue weighted by molar-refractivity contribution is -0.135. The largest absolute Gasteiger partial charge is 0.382 e. The fourth-order valence-electron chi connectivity index (χ4n) is 3.19. The first kappa shape index (κ1) is 19.6. The van der Waals surface area contributed by atoms with Crippen LogP contribution in [0.3, 0.4) is 0 Å². The molecule has 2 aromatic carbocycles. The van der Waals surface area contributed by atoms with Gasteiger partial charge in [0.25, 0.3) is 5.91 Å². The van der Waals surface area contributed by atoms with Crippen LogP contribution in [-0.2, 0) is 20.8 Å². The number of likely N-dealkylation sites (N-methyl/N-ethyl adjacent to an activating group) is 1. The summed E-state index contributed by atoms with van der Waals surface area (Å²) in [7, 11) is 0. The molecule has 2 aromatic rings. The van der Waals surface area contributed by atoms with Gasteiger partial charge in [-0.25, -0.2) is 0 Å². The molecule has 0 spiro atoms. The minimum atomic E-state index is -0.734. The summed E-state index contributed by atoms with van der Waals surface area (Å²) in [6.07, 6.45) is 0.0585. The quantitative estimate of drug-likeness (QED) is 0.775. The number of carbonyl (C=O) groups is 2. The Morgan fingerprint density at radius 1 is 1.14 bits per heavy atom. The molecule has 0 fully saturated rings. The molecule has 3 rings (SSSR count). The number of nitrogens with zero attached hydrogens (tertiary/aromatic N) is 1. The monoisotopic (exact) mass is 379 g/mol. The van der Waals surface area contributed by atoms with E-state index in [1.54, 1.807) is 0 Å². The Hall–Kier alpha value is -3.15. The molecule has 0 saturated heterocycles. The smallest absolute Gasteiger partial charge is 0.265 e. The van der Waals surface area contributed by atoms with Crippen molar-refractivity contribution in [3.05, 3.63) is 71.3 Å². The van der Waals surface area contributed by atoms with Gasteiger partial charge in [-0.15, -0.1) is 0 Å². The van der Waals surface area contributed by atoms with Crippen LogP contribution >= 0.6 is 0 Å². The maximum atomic E-state index is 12.7. The highest BCUT2D eigenvalue weighted by molar-refractivity contribution is 6.05. The molecule has 0 bridgehead atoms. The third kappa shape index (κ3) is 4.76. The van der Waals surface area contributed by atoms with Gasteiger partial charge < -0.3 is 15.5 Å². The normalized spacial score (nSPS) is 16.6. The Labute approximate surface area is 165 Å². The van der Waals surface area contributed by atoms with E-state index in [-0.39, 0.29) is 11.8 Å². The van der Waals surface area contributed by atoms with Crippen molar-refractivity contribution in [3.8, 4) is 0 Å². The summed E-state index contributed by atoms with van der Waals surface area (Å²) in [6, 6.07) is 16.8. The number of rotatable bonds is 7. The van der Waals surface area contributed by atoms with Gasteiger partial charge in [0.1, 0.15) is 6.04 Å². The van der Waals surface area contributed by atoms with Crippen molar-refractivity contribution in [3.63, 3.8) is 0 Å². The van der Waals surface area contributed by atoms with Crippen molar-refractivity contribution in [1.82, 2.24) is 10.6 Å². The highest BCUT2D eigenvalue weighted by Crippen LogP contribution is 2.19. The van der Waals surface area contributed by atoms with Crippen molar-refractivity contribution in [1.29, 1.82) is 0 Å². The van der Waals surface area contributed by atoms with Crippen molar-refractivity contribution >= 4 is 17.5 Å². The molecule has 2 unspecified atom stereocenters. The highest BCUT2D eigenvalue weighted by Gasteiger charge is 2.32. The molecule has 0 aliphatic carbocycles. The SMILES string of the molecule is CCNC(=O)C(Cc1ccccc1)NC(=O)C1CC(c2ccccc2C)=NO1. The zero-order chi connectivity index (χ0) is 19.9. The van der Waals surface area contributed by atoms with Crippen LogP contribution in [-0.4, -0.2) is 36.2 Å². The number of oxime groups is 1. The molecule has 146 valence electrons. The van der Waals surface area contributed by atoms with Crippen LogP contribution in [0.2, 0.25) is 0 Å². The average Bonchev–Trinajstić information content (AvgIpc) is 3.19. The molecule has 1 aliphatic rings. The van der Waals surface area contributed by atoms with E-state index in [2.05, 4.69) is 15.8 Å². The molecule has 0 aromatic heterocycles. The van der Waals surface area contributed by atoms with E-state index in [4.69, 9.17) is 4.84 Å². The third-order valence-corrected chi connectivity index (χ3v) is 4.68. The number of carbonyl (C=O) groups excluding carboxylic acids is 2. The zero-order valence-corrected chi connectivity index (χ0v) is 16.1. The fraction of sp³-hybridized carbons (Fsp3) is 0.318. The predicted molar refractivity (Wildman–Crippen MR) is 108 cm³/mol. The first-order chi connectivity index (χ1) is 13.6. The maximum Gasteiger partial charge on any atom is 0.265 e. The molecule has 1 heterocycles. The van der Waals surface area contributed by atoms with Crippen LogP contribution in [0.15, 0.2) is 59.8 Å². The first-order valence-electron chi connectivity index (χ1n) is 9.49. The summed E-state index contributed by atoms with van der Waals surface area (Å²) in [5.41, 5.74) is 3.77. The second-order valence-electron chi connectivity index (χ2n) is 6.80. The molecule has 28 heavy (non-hydrogen) atoms. The number of benzene rings is 2. The van der Waals surface area contributed by atoms with Gasteiger partial charge in [0.05, 0.1) is 5.71 Å². The molecule has 0 saturated carbocycles. The number of amides is 2. The van der Waals surface area contributed by atoms with Crippen LogP contribution in [0.25, 0.3) is 0 Å². The Kier molecular flexibility index (Phi) is 6.42. The summed E-state index contributed by atoms with van der Waals surface area (Å²) in [4.78, 5) is 30.5. The molecule has 1 aliphatic heterocycles. The van der Waals surface area contributed by atoms with Gasteiger partial charge in [-0.2, -0.15) is 0 Å². The molecular weight excluding hydrogens is 354 g/mol. The minimum absolute atomic E-state index is 0.210. The van der Waals surface area contributed by atoms with Gasteiger partial charge >= 0.3 is 0 Å². The average molecular weight is 379 g/mol. The molecule has 6 heteroatoms. The van der Waals surface area contributed by atoms with Crippen LogP contribution in [0.1, 0.15) is 30.0 Å². The fourth-order valence-corrected chi connectivity index (χ4v) is 3.19. The van der Waals surface area contributed by atoms with E-state index in [9.17, 15) is 9.59 Å². The number of hydrogen-bond acceptors (Lipinski definition) is 4. The minimum Gasteiger partial charge on any atom is -0.382 e. The molecule has 2 amide bonds. The Balaban J connectivity index is 1.65. The molecule has 2 atom stereocenters. The predicted octanol–water partition coefficient (Wildman–Crippen LogP) is 2.35. The van der Waals surface area contributed by atoms with Gasteiger partial charge in [0.2, 0.25) is 12.0 Å². The van der Waals surface area contributed by atoms with E-state index >= 15 is 0 Å².